The van der Waals surface area contributed by atoms with Gasteiger partial charge in [-0.25, -0.2) is 0 Å². The Morgan fingerprint density at radius 3 is 1.70 bits per heavy atom. The molecular weight excluding hydrogens is 344 g/mol. The maximum absolute atomic E-state index is 11.8. The van der Waals surface area contributed by atoms with E-state index >= 15 is 0 Å². The van der Waals surface area contributed by atoms with E-state index in [4.69, 9.17) is 10.2 Å². The molecule has 0 aromatic rings. The number of carboxylic acids is 2. The van der Waals surface area contributed by atoms with Crippen LogP contribution in [0.4, 0.5) is 0 Å². The van der Waals surface area contributed by atoms with Crippen molar-refractivity contribution in [2.75, 3.05) is 0 Å². The molecule has 0 amide bonds. The lowest BCUT2D eigenvalue weighted by Crippen LogP contribution is -2.26. The number of hydrogen-bond acceptors (Lipinski definition) is 3. The largest absolute Gasteiger partial charge is 0.481 e. The summed E-state index contributed by atoms with van der Waals surface area (Å²) >= 11 is 0. The monoisotopic (exact) mass is 382 g/mol. The highest BCUT2D eigenvalue weighted by Gasteiger charge is 2.27. The topological polar surface area (TPSA) is 91.7 Å². The Bertz CT molecular complexity index is 442. The van der Waals surface area contributed by atoms with E-state index in [0.717, 1.165) is 32.1 Å². The van der Waals surface area contributed by atoms with Crippen LogP contribution in [0.15, 0.2) is 12.2 Å². The summed E-state index contributed by atoms with van der Waals surface area (Å²) in [6.07, 6.45) is 19.1. The summed E-state index contributed by atoms with van der Waals surface area (Å²) in [5.41, 5.74) is 0. The van der Waals surface area contributed by atoms with Crippen LogP contribution < -0.4 is 0 Å². The van der Waals surface area contributed by atoms with Crippen LogP contribution in [-0.4, -0.2) is 27.9 Å². The molecule has 0 aliphatic rings. The maximum atomic E-state index is 11.8. The van der Waals surface area contributed by atoms with Crippen molar-refractivity contribution in [3.63, 3.8) is 0 Å². The fourth-order valence-electron chi connectivity index (χ4n) is 3.06. The van der Waals surface area contributed by atoms with Gasteiger partial charge in [0.25, 0.3) is 0 Å². The molecule has 2 N–H and O–H groups in total. The normalized spacial score (nSPS) is 12.3. The lowest BCUT2D eigenvalue weighted by Gasteiger charge is -2.08. The predicted octanol–water partition coefficient (Wildman–Crippen LogP) is 5.77. The second-order valence-corrected chi connectivity index (χ2v) is 7.29. The number of unbranched alkanes of at least 4 members (excludes halogenated alkanes) is 11. The second kappa shape index (κ2) is 17.7. The van der Waals surface area contributed by atoms with Gasteiger partial charge >= 0.3 is 11.9 Å². The van der Waals surface area contributed by atoms with Gasteiger partial charge in [-0.3, -0.25) is 14.4 Å². The Balaban J connectivity index is 3.53. The van der Waals surface area contributed by atoms with Gasteiger partial charge in [0.2, 0.25) is 0 Å². The van der Waals surface area contributed by atoms with Crippen LogP contribution >= 0.6 is 0 Å². The Labute approximate surface area is 164 Å². The maximum Gasteiger partial charge on any atom is 0.314 e. The standard InChI is InChI=1S/C22H38O5/c1-2-3-4-5-6-7-8-9-10-11-12-13-14-15-16-17-20(23)19(22(26)27)18-21(24)25/h9-10,19H,2-8,11-18H2,1H3,(H,24,25)(H,26,27)/b10-9-. The van der Waals surface area contributed by atoms with Gasteiger partial charge in [0.05, 0.1) is 6.42 Å². The van der Waals surface area contributed by atoms with E-state index in [9.17, 15) is 14.4 Å². The summed E-state index contributed by atoms with van der Waals surface area (Å²) in [5, 5.41) is 17.6. The molecule has 0 saturated heterocycles. The Morgan fingerprint density at radius 2 is 1.22 bits per heavy atom. The van der Waals surface area contributed by atoms with Crippen LogP contribution in [0.3, 0.4) is 0 Å². The van der Waals surface area contributed by atoms with Crippen molar-refractivity contribution in [2.45, 2.75) is 103 Å². The van der Waals surface area contributed by atoms with Crippen molar-refractivity contribution in [3.05, 3.63) is 12.2 Å². The van der Waals surface area contributed by atoms with Crippen LogP contribution in [0.1, 0.15) is 103 Å². The van der Waals surface area contributed by atoms with Gasteiger partial charge in [-0.1, -0.05) is 70.4 Å². The Hall–Kier alpha value is -1.65. The van der Waals surface area contributed by atoms with Gasteiger partial charge in [-0.05, 0) is 32.1 Å². The molecule has 0 aliphatic heterocycles. The zero-order chi connectivity index (χ0) is 20.3. The van der Waals surface area contributed by atoms with E-state index in [-0.39, 0.29) is 6.42 Å². The molecule has 1 atom stereocenters. The van der Waals surface area contributed by atoms with Gasteiger partial charge < -0.3 is 10.2 Å². The molecule has 0 bridgehead atoms. The molecule has 1 unspecified atom stereocenters. The zero-order valence-corrected chi connectivity index (χ0v) is 17.0. The summed E-state index contributed by atoms with van der Waals surface area (Å²) in [6, 6.07) is 0. The van der Waals surface area contributed by atoms with Gasteiger partial charge in [0, 0.05) is 6.42 Å². The smallest absolute Gasteiger partial charge is 0.314 e. The summed E-state index contributed by atoms with van der Waals surface area (Å²) in [4.78, 5) is 33.4. The number of Topliss-reactive ketones (excluding diaryl/α,β-unsaturated/α-hetero) is 1. The first-order valence-electron chi connectivity index (χ1n) is 10.6. The number of carboxylic acid groups (broad SMARTS) is 2. The summed E-state index contributed by atoms with van der Waals surface area (Å²) in [6.45, 7) is 2.24. The zero-order valence-electron chi connectivity index (χ0n) is 17.0. The number of allylic oxidation sites excluding steroid dienone is 2. The third kappa shape index (κ3) is 16.3. The average Bonchev–Trinajstić information content (AvgIpc) is 2.62. The van der Waals surface area contributed by atoms with Crippen molar-refractivity contribution in [1.29, 1.82) is 0 Å². The first-order valence-corrected chi connectivity index (χ1v) is 10.6. The SMILES string of the molecule is CCCCCCCC/C=C\CCCCCCCC(=O)C(CC(=O)O)C(=O)O. The highest BCUT2D eigenvalue weighted by Crippen LogP contribution is 2.13. The number of rotatable bonds is 19. The molecule has 0 rings (SSSR count). The average molecular weight is 383 g/mol. The van der Waals surface area contributed by atoms with Gasteiger partial charge in [-0.2, -0.15) is 0 Å². The summed E-state index contributed by atoms with van der Waals surface area (Å²) < 4.78 is 0. The number of carbonyl (C=O) groups excluding carboxylic acids is 1. The molecule has 0 radical (unpaired) electrons. The molecule has 0 spiro atoms. The quantitative estimate of drug-likeness (QED) is 0.168. The molecule has 0 aliphatic carbocycles. The van der Waals surface area contributed by atoms with E-state index < -0.39 is 30.1 Å². The molecule has 27 heavy (non-hydrogen) atoms. The van der Waals surface area contributed by atoms with E-state index in [1.807, 2.05) is 0 Å². The molecular formula is C22H38O5. The van der Waals surface area contributed by atoms with Gasteiger partial charge in [0.15, 0.2) is 0 Å². The molecule has 0 saturated carbocycles. The van der Waals surface area contributed by atoms with Gasteiger partial charge in [-0.15, -0.1) is 0 Å². The van der Waals surface area contributed by atoms with E-state index in [2.05, 4.69) is 19.1 Å². The second-order valence-electron chi connectivity index (χ2n) is 7.29. The Kier molecular flexibility index (Phi) is 16.7. The fraction of sp³-hybridized carbons (Fsp3) is 0.773. The van der Waals surface area contributed by atoms with Crippen LogP contribution in [0.25, 0.3) is 0 Å². The molecule has 0 aromatic heterocycles. The van der Waals surface area contributed by atoms with E-state index in [0.29, 0.717) is 6.42 Å². The molecule has 0 heterocycles. The van der Waals surface area contributed by atoms with Crippen molar-refractivity contribution in [1.82, 2.24) is 0 Å². The number of aliphatic carboxylic acids is 2. The van der Waals surface area contributed by atoms with Crippen molar-refractivity contribution >= 4 is 17.7 Å². The third-order valence-electron chi connectivity index (χ3n) is 4.75. The van der Waals surface area contributed by atoms with Crippen LogP contribution in [0.2, 0.25) is 0 Å². The van der Waals surface area contributed by atoms with Crippen molar-refractivity contribution in [2.24, 2.45) is 5.92 Å². The van der Waals surface area contributed by atoms with Crippen LogP contribution in [0.5, 0.6) is 0 Å². The number of carbonyl (C=O) groups is 3. The predicted molar refractivity (Wildman–Crippen MR) is 108 cm³/mol. The molecule has 0 fully saturated rings. The minimum absolute atomic E-state index is 0.155. The number of ketones is 1. The fourth-order valence-corrected chi connectivity index (χ4v) is 3.06. The first-order chi connectivity index (χ1) is 13.0. The first kappa shape index (κ1) is 25.4. The van der Waals surface area contributed by atoms with E-state index in [1.165, 1.54) is 44.9 Å². The Morgan fingerprint density at radius 1 is 0.741 bits per heavy atom. The van der Waals surface area contributed by atoms with Crippen LogP contribution in [-0.2, 0) is 14.4 Å². The highest BCUT2D eigenvalue weighted by molar-refractivity contribution is 6.00. The third-order valence-corrected chi connectivity index (χ3v) is 4.75. The molecule has 5 nitrogen and oxygen atoms in total. The van der Waals surface area contributed by atoms with Gasteiger partial charge in [0.1, 0.15) is 11.7 Å². The van der Waals surface area contributed by atoms with Crippen molar-refractivity contribution < 1.29 is 24.6 Å². The minimum Gasteiger partial charge on any atom is -0.481 e. The lowest BCUT2D eigenvalue weighted by molar-refractivity contribution is -0.152. The summed E-state index contributed by atoms with van der Waals surface area (Å²) in [5.74, 6) is -4.46. The molecule has 156 valence electrons. The van der Waals surface area contributed by atoms with Crippen molar-refractivity contribution in [3.8, 4) is 0 Å². The number of hydrogen-bond donors (Lipinski definition) is 2. The molecule has 0 aromatic carbocycles. The summed E-state index contributed by atoms with van der Waals surface area (Å²) in [7, 11) is 0. The minimum atomic E-state index is -1.40. The van der Waals surface area contributed by atoms with E-state index in [1.54, 1.807) is 0 Å². The lowest BCUT2D eigenvalue weighted by atomic mass is 9.96. The highest BCUT2D eigenvalue weighted by atomic mass is 16.4. The van der Waals surface area contributed by atoms with Crippen LogP contribution in [0, 0.1) is 5.92 Å². The molecule has 5 heteroatoms.